The van der Waals surface area contributed by atoms with Crippen molar-refractivity contribution in [3.05, 3.63) is 23.6 Å². The van der Waals surface area contributed by atoms with Gasteiger partial charge in [-0.15, -0.1) is 0 Å². The summed E-state index contributed by atoms with van der Waals surface area (Å²) in [6.07, 6.45) is 0. The number of amides is 1. The van der Waals surface area contributed by atoms with Crippen LogP contribution in [0.2, 0.25) is 0 Å². The van der Waals surface area contributed by atoms with Crippen LogP contribution in [0.15, 0.2) is 12.1 Å². The number of anilines is 1. The summed E-state index contributed by atoms with van der Waals surface area (Å²) >= 11 is 0. The summed E-state index contributed by atoms with van der Waals surface area (Å²) < 4.78 is 13.2. The lowest BCUT2D eigenvalue weighted by Crippen LogP contribution is -2.19. The molecular weight excluding hydrogens is 207 g/mol. The third-order valence-electron chi connectivity index (χ3n) is 2.26. The molecule has 0 aliphatic rings. The van der Waals surface area contributed by atoms with Gasteiger partial charge in [0.25, 0.3) is 0 Å². The Morgan fingerprint density at radius 3 is 2.44 bits per heavy atom. The molecule has 1 aromatic heterocycles. The van der Waals surface area contributed by atoms with Crippen LogP contribution < -0.4 is 5.32 Å². The second-order valence-electron chi connectivity index (χ2n) is 4.41. The highest BCUT2D eigenvalue weighted by Crippen LogP contribution is 2.18. The first-order valence-corrected chi connectivity index (χ1v) is 5.38. The molecule has 0 aliphatic heterocycles. The molecule has 1 aromatic rings. The maximum Gasteiger partial charge on any atom is 0.228 e. The summed E-state index contributed by atoms with van der Waals surface area (Å²) in [4.78, 5) is 15.1. The van der Waals surface area contributed by atoms with Gasteiger partial charge >= 0.3 is 0 Å². The van der Waals surface area contributed by atoms with Gasteiger partial charge in [0.1, 0.15) is 5.82 Å². The maximum absolute atomic E-state index is 13.2. The third kappa shape index (κ3) is 3.29. The minimum absolute atomic E-state index is 0.146. The minimum Gasteiger partial charge on any atom is -0.310 e. The molecule has 0 aromatic carbocycles. The van der Waals surface area contributed by atoms with Crippen molar-refractivity contribution in [1.82, 2.24) is 4.98 Å². The number of carbonyl (C=O) groups excluding carboxylic acids is 1. The number of nitrogens with zero attached hydrogens (tertiary/aromatic N) is 1. The first kappa shape index (κ1) is 12.6. The van der Waals surface area contributed by atoms with Gasteiger partial charge < -0.3 is 5.32 Å². The van der Waals surface area contributed by atoms with Crippen LogP contribution in [0.5, 0.6) is 0 Å². The fraction of sp³-hybridized carbons (Fsp3) is 0.500. The van der Waals surface area contributed by atoms with Crippen LogP contribution in [0.3, 0.4) is 0 Å². The quantitative estimate of drug-likeness (QED) is 0.802. The van der Waals surface area contributed by atoms with E-state index in [1.54, 1.807) is 19.9 Å². The highest BCUT2D eigenvalue weighted by molar-refractivity contribution is 5.91. The lowest BCUT2D eigenvalue weighted by Gasteiger charge is -2.10. The van der Waals surface area contributed by atoms with E-state index in [9.17, 15) is 9.18 Å². The average Bonchev–Trinajstić information content (AvgIpc) is 2.16. The van der Waals surface area contributed by atoms with Crippen molar-refractivity contribution < 1.29 is 9.18 Å². The smallest absolute Gasteiger partial charge is 0.228 e. The predicted octanol–water partition coefficient (Wildman–Crippen LogP) is 2.94. The Labute approximate surface area is 95.1 Å². The summed E-state index contributed by atoms with van der Waals surface area (Å²) in [5, 5.41) is 2.59. The monoisotopic (exact) mass is 224 g/mol. The molecule has 1 N–H and O–H groups in total. The minimum atomic E-state index is -0.565. The van der Waals surface area contributed by atoms with Gasteiger partial charge in [0.15, 0.2) is 0 Å². The summed E-state index contributed by atoms with van der Waals surface area (Å²) in [5.41, 5.74) is 0.826. The fourth-order valence-corrected chi connectivity index (χ4v) is 1.18. The van der Waals surface area contributed by atoms with Crippen molar-refractivity contribution in [3.8, 4) is 0 Å². The Balaban J connectivity index is 2.92. The van der Waals surface area contributed by atoms with E-state index in [1.165, 1.54) is 6.07 Å². The van der Waals surface area contributed by atoms with Gasteiger partial charge in [-0.25, -0.2) is 4.98 Å². The van der Waals surface area contributed by atoms with Crippen LogP contribution in [0, 0.1) is 11.9 Å². The normalized spacial score (nSPS) is 10.9. The molecule has 0 unspecified atom stereocenters. The molecule has 3 nitrogen and oxygen atoms in total. The molecule has 1 rings (SSSR count). The van der Waals surface area contributed by atoms with Crippen LogP contribution in [0.25, 0.3) is 0 Å². The lowest BCUT2D eigenvalue weighted by atomic mass is 10.0. The number of hydrogen-bond acceptors (Lipinski definition) is 2. The topological polar surface area (TPSA) is 42.0 Å². The van der Waals surface area contributed by atoms with Gasteiger partial charge in [-0.05, 0) is 23.6 Å². The van der Waals surface area contributed by atoms with Crippen molar-refractivity contribution in [1.29, 1.82) is 0 Å². The SMILES string of the molecule is CC(C)C(=O)Nc1cc(C(C)C)cc(F)n1. The predicted molar refractivity (Wildman–Crippen MR) is 61.8 cm³/mol. The van der Waals surface area contributed by atoms with E-state index in [0.717, 1.165) is 5.56 Å². The number of rotatable bonds is 3. The maximum atomic E-state index is 13.2. The molecule has 0 radical (unpaired) electrons. The van der Waals surface area contributed by atoms with E-state index in [-0.39, 0.29) is 23.6 Å². The van der Waals surface area contributed by atoms with Crippen molar-refractivity contribution >= 4 is 11.7 Å². The van der Waals surface area contributed by atoms with Crippen LogP contribution in [-0.4, -0.2) is 10.9 Å². The molecule has 88 valence electrons. The molecule has 16 heavy (non-hydrogen) atoms. The van der Waals surface area contributed by atoms with Crippen molar-refractivity contribution in [3.63, 3.8) is 0 Å². The number of pyridine rings is 1. The van der Waals surface area contributed by atoms with Gasteiger partial charge in [0.05, 0.1) is 0 Å². The molecular formula is C12H17FN2O. The van der Waals surface area contributed by atoms with E-state index in [2.05, 4.69) is 10.3 Å². The van der Waals surface area contributed by atoms with Crippen LogP contribution >= 0.6 is 0 Å². The third-order valence-corrected chi connectivity index (χ3v) is 2.26. The van der Waals surface area contributed by atoms with Crippen LogP contribution in [0.1, 0.15) is 39.2 Å². The average molecular weight is 224 g/mol. The molecule has 4 heteroatoms. The highest BCUT2D eigenvalue weighted by Gasteiger charge is 2.10. The molecule has 1 heterocycles. The van der Waals surface area contributed by atoms with Crippen molar-refractivity contribution in [2.45, 2.75) is 33.6 Å². The number of aromatic nitrogens is 1. The zero-order chi connectivity index (χ0) is 12.3. The highest BCUT2D eigenvalue weighted by atomic mass is 19.1. The Hall–Kier alpha value is -1.45. The zero-order valence-electron chi connectivity index (χ0n) is 10.0. The number of hydrogen-bond donors (Lipinski definition) is 1. The molecule has 0 saturated heterocycles. The Kier molecular flexibility index (Phi) is 3.99. The fourth-order valence-electron chi connectivity index (χ4n) is 1.18. The molecule has 0 fully saturated rings. The molecule has 1 amide bonds. The Morgan fingerprint density at radius 2 is 1.94 bits per heavy atom. The van der Waals surface area contributed by atoms with Crippen molar-refractivity contribution in [2.24, 2.45) is 5.92 Å². The number of carbonyl (C=O) groups is 1. The van der Waals surface area contributed by atoms with E-state index in [0.29, 0.717) is 0 Å². The van der Waals surface area contributed by atoms with E-state index in [1.807, 2.05) is 13.8 Å². The summed E-state index contributed by atoms with van der Waals surface area (Å²) in [5.74, 6) is -0.389. The summed E-state index contributed by atoms with van der Waals surface area (Å²) in [6.45, 7) is 7.47. The second kappa shape index (κ2) is 5.05. The van der Waals surface area contributed by atoms with E-state index >= 15 is 0 Å². The Morgan fingerprint density at radius 1 is 1.31 bits per heavy atom. The molecule has 0 bridgehead atoms. The van der Waals surface area contributed by atoms with Gasteiger partial charge in [-0.3, -0.25) is 4.79 Å². The second-order valence-corrected chi connectivity index (χ2v) is 4.41. The summed E-state index contributed by atoms with van der Waals surface area (Å²) in [6, 6.07) is 3.09. The first-order chi connectivity index (χ1) is 7.40. The van der Waals surface area contributed by atoms with Crippen molar-refractivity contribution in [2.75, 3.05) is 5.32 Å². The van der Waals surface area contributed by atoms with E-state index in [4.69, 9.17) is 0 Å². The molecule has 0 saturated carbocycles. The van der Waals surface area contributed by atoms with Gasteiger partial charge in [0.2, 0.25) is 11.9 Å². The van der Waals surface area contributed by atoms with Gasteiger partial charge in [-0.1, -0.05) is 27.7 Å². The number of halogens is 1. The Bertz CT molecular complexity index is 389. The largest absolute Gasteiger partial charge is 0.310 e. The van der Waals surface area contributed by atoms with E-state index < -0.39 is 5.95 Å². The molecule has 0 spiro atoms. The molecule has 0 aliphatic carbocycles. The zero-order valence-corrected chi connectivity index (χ0v) is 10.0. The summed E-state index contributed by atoms with van der Waals surface area (Å²) in [7, 11) is 0. The standard InChI is InChI=1S/C12H17FN2O/c1-7(2)9-5-10(13)14-11(6-9)15-12(16)8(3)4/h5-8H,1-4H3,(H,14,15,16). The molecule has 0 atom stereocenters. The van der Waals surface area contributed by atoms with Crippen LogP contribution in [-0.2, 0) is 4.79 Å². The van der Waals surface area contributed by atoms with Crippen LogP contribution in [0.4, 0.5) is 10.2 Å². The van der Waals surface area contributed by atoms with Gasteiger partial charge in [0, 0.05) is 5.92 Å². The number of nitrogens with one attached hydrogen (secondary N) is 1. The first-order valence-electron chi connectivity index (χ1n) is 5.38. The lowest BCUT2D eigenvalue weighted by molar-refractivity contribution is -0.118. The van der Waals surface area contributed by atoms with Gasteiger partial charge in [-0.2, -0.15) is 4.39 Å².